The van der Waals surface area contributed by atoms with Gasteiger partial charge in [-0.15, -0.1) is 0 Å². The van der Waals surface area contributed by atoms with Crippen LogP contribution in [-0.2, 0) is 0 Å². The lowest BCUT2D eigenvalue weighted by atomic mass is 10.1. The van der Waals surface area contributed by atoms with E-state index in [0.717, 1.165) is 29.9 Å². The van der Waals surface area contributed by atoms with Crippen molar-refractivity contribution in [2.75, 3.05) is 6.54 Å². The number of nitrogens with one attached hydrogen (secondary N) is 1. The average molecular weight is 339 g/mol. The Morgan fingerprint density at radius 3 is 2.42 bits per heavy atom. The van der Waals surface area contributed by atoms with Gasteiger partial charge in [-0.1, -0.05) is 24.3 Å². The molecule has 1 saturated heterocycles. The van der Waals surface area contributed by atoms with Gasteiger partial charge in [0, 0.05) is 23.8 Å². The lowest BCUT2D eigenvalue weighted by Crippen LogP contribution is -2.16. The summed E-state index contributed by atoms with van der Waals surface area (Å²) in [5.74, 6) is 0.840. The van der Waals surface area contributed by atoms with E-state index in [1.54, 1.807) is 11.9 Å². The van der Waals surface area contributed by atoms with E-state index in [-0.39, 0.29) is 5.82 Å². The predicted octanol–water partition coefficient (Wildman–Crippen LogP) is 5.06. The number of halogens is 1. The predicted molar refractivity (Wildman–Crippen MR) is 95.0 cm³/mol. The number of H-pyrrole nitrogens is 1. The van der Waals surface area contributed by atoms with Crippen LogP contribution >= 0.6 is 11.9 Å². The van der Waals surface area contributed by atoms with E-state index in [1.165, 1.54) is 23.4 Å². The van der Waals surface area contributed by atoms with E-state index in [1.807, 2.05) is 24.5 Å². The number of aromatic nitrogens is 2. The first-order valence-corrected chi connectivity index (χ1v) is 8.87. The summed E-state index contributed by atoms with van der Waals surface area (Å²) < 4.78 is 15.4. The molecule has 0 bridgehead atoms. The van der Waals surface area contributed by atoms with Crippen molar-refractivity contribution >= 4 is 11.9 Å². The van der Waals surface area contributed by atoms with Crippen molar-refractivity contribution in [3.05, 3.63) is 72.6 Å². The molecule has 0 amide bonds. The van der Waals surface area contributed by atoms with Crippen LogP contribution in [0.1, 0.15) is 24.7 Å². The number of hydrogen-bond acceptors (Lipinski definition) is 3. The molecule has 4 rings (SSSR count). The Kier molecular flexibility index (Phi) is 4.36. The van der Waals surface area contributed by atoms with Gasteiger partial charge in [-0.3, -0.25) is 0 Å². The SMILES string of the molecule is Fc1ccc(-c2ccc(SN3CCCC3c3ncc[nH]3)cc2)cc1. The molecule has 1 aliphatic heterocycles. The number of benzene rings is 2. The lowest BCUT2D eigenvalue weighted by molar-refractivity contribution is 0.435. The lowest BCUT2D eigenvalue weighted by Gasteiger charge is -2.21. The van der Waals surface area contributed by atoms with Crippen molar-refractivity contribution in [1.29, 1.82) is 0 Å². The van der Waals surface area contributed by atoms with Crippen molar-refractivity contribution in [2.24, 2.45) is 0 Å². The number of aromatic amines is 1. The van der Waals surface area contributed by atoms with Gasteiger partial charge in [-0.25, -0.2) is 13.7 Å². The number of nitrogens with zero attached hydrogens (tertiary/aromatic N) is 2. The maximum Gasteiger partial charge on any atom is 0.124 e. The summed E-state index contributed by atoms with van der Waals surface area (Å²) in [4.78, 5) is 8.85. The highest BCUT2D eigenvalue weighted by Gasteiger charge is 2.28. The molecule has 3 aromatic rings. The zero-order chi connectivity index (χ0) is 16.4. The van der Waals surface area contributed by atoms with Gasteiger partial charge >= 0.3 is 0 Å². The van der Waals surface area contributed by atoms with E-state index in [0.29, 0.717) is 6.04 Å². The van der Waals surface area contributed by atoms with Gasteiger partial charge in [0.25, 0.3) is 0 Å². The second-order valence-electron chi connectivity index (χ2n) is 5.90. The van der Waals surface area contributed by atoms with Crippen LogP contribution in [0.4, 0.5) is 4.39 Å². The summed E-state index contributed by atoms with van der Waals surface area (Å²) in [5.41, 5.74) is 2.13. The first kappa shape index (κ1) is 15.4. The van der Waals surface area contributed by atoms with E-state index >= 15 is 0 Å². The van der Waals surface area contributed by atoms with E-state index in [2.05, 4.69) is 38.5 Å². The first-order chi connectivity index (χ1) is 11.8. The van der Waals surface area contributed by atoms with Crippen LogP contribution in [0.15, 0.2) is 65.8 Å². The van der Waals surface area contributed by atoms with Crippen LogP contribution in [0.25, 0.3) is 11.1 Å². The highest BCUT2D eigenvalue weighted by atomic mass is 32.2. The van der Waals surface area contributed by atoms with Gasteiger partial charge in [0.1, 0.15) is 11.6 Å². The molecule has 2 aromatic carbocycles. The molecule has 5 heteroatoms. The van der Waals surface area contributed by atoms with Crippen LogP contribution in [0.2, 0.25) is 0 Å². The largest absolute Gasteiger partial charge is 0.347 e. The van der Waals surface area contributed by atoms with Gasteiger partial charge in [0.05, 0.1) is 6.04 Å². The zero-order valence-electron chi connectivity index (χ0n) is 13.2. The Bertz CT molecular complexity index is 784. The molecule has 1 aromatic heterocycles. The second kappa shape index (κ2) is 6.79. The summed E-state index contributed by atoms with van der Waals surface area (Å²) in [6.07, 6.45) is 6.02. The standard InChI is InChI=1S/C19H18FN3S/c20-16-7-3-14(4-8-16)15-5-9-17(10-6-15)24-23-13-1-2-18(23)19-21-11-12-22-19/h3-12,18H,1-2,13H2,(H,21,22). The van der Waals surface area contributed by atoms with Gasteiger partial charge < -0.3 is 4.98 Å². The van der Waals surface area contributed by atoms with Crippen molar-refractivity contribution in [3.8, 4) is 11.1 Å². The minimum atomic E-state index is -0.205. The van der Waals surface area contributed by atoms with Crippen LogP contribution in [0, 0.1) is 5.82 Å². The molecule has 1 atom stereocenters. The van der Waals surface area contributed by atoms with Crippen molar-refractivity contribution < 1.29 is 4.39 Å². The third-order valence-corrected chi connectivity index (χ3v) is 5.45. The van der Waals surface area contributed by atoms with Crippen LogP contribution in [0.3, 0.4) is 0 Å². The molecule has 122 valence electrons. The smallest absolute Gasteiger partial charge is 0.124 e. The molecule has 1 unspecified atom stereocenters. The number of hydrogen-bond donors (Lipinski definition) is 1. The molecule has 1 fully saturated rings. The Morgan fingerprint density at radius 1 is 1.04 bits per heavy atom. The average Bonchev–Trinajstić information content (AvgIpc) is 3.27. The molecule has 3 nitrogen and oxygen atoms in total. The number of rotatable bonds is 4. The molecule has 0 aliphatic carbocycles. The van der Waals surface area contributed by atoms with E-state index in [4.69, 9.17) is 0 Å². The minimum absolute atomic E-state index is 0.205. The Labute approximate surface area is 145 Å². The van der Waals surface area contributed by atoms with Gasteiger partial charge in [0.2, 0.25) is 0 Å². The summed E-state index contributed by atoms with van der Waals surface area (Å²) >= 11 is 1.78. The van der Waals surface area contributed by atoms with Crippen LogP contribution in [-0.4, -0.2) is 20.8 Å². The maximum atomic E-state index is 13.0. The van der Waals surface area contributed by atoms with Crippen LogP contribution in [0.5, 0.6) is 0 Å². The molecule has 1 aliphatic rings. The summed E-state index contributed by atoms with van der Waals surface area (Å²) in [6.45, 7) is 1.07. The fourth-order valence-corrected chi connectivity index (χ4v) is 4.15. The molecule has 2 heterocycles. The first-order valence-electron chi connectivity index (χ1n) is 8.09. The third-order valence-electron chi connectivity index (χ3n) is 4.29. The minimum Gasteiger partial charge on any atom is -0.347 e. The monoisotopic (exact) mass is 339 g/mol. The molecule has 0 saturated carbocycles. The Balaban J connectivity index is 1.48. The molecular weight excluding hydrogens is 321 g/mol. The normalized spacial score (nSPS) is 18.1. The fourth-order valence-electron chi connectivity index (χ4n) is 3.07. The summed E-state index contributed by atoms with van der Waals surface area (Å²) in [5, 5.41) is 0. The third kappa shape index (κ3) is 3.23. The Hall–Kier alpha value is -2.11. The highest BCUT2D eigenvalue weighted by Crippen LogP contribution is 2.39. The zero-order valence-corrected chi connectivity index (χ0v) is 14.0. The number of imidazole rings is 1. The fraction of sp³-hybridized carbons (Fsp3) is 0.211. The molecular formula is C19H18FN3S. The van der Waals surface area contributed by atoms with Crippen molar-refractivity contribution in [2.45, 2.75) is 23.8 Å². The quantitative estimate of drug-likeness (QED) is 0.674. The summed E-state index contributed by atoms with van der Waals surface area (Å²) in [7, 11) is 0. The maximum absolute atomic E-state index is 13.0. The molecule has 0 spiro atoms. The van der Waals surface area contributed by atoms with E-state index < -0.39 is 0 Å². The highest BCUT2D eigenvalue weighted by molar-refractivity contribution is 7.97. The van der Waals surface area contributed by atoms with Gasteiger partial charge in [-0.2, -0.15) is 0 Å². The summed E-state index contributed by atoms with van der Waals surface area (Å²) in [6, 6.07) is 15.4. The van der Waals surface area contributed by atoms with Crippen molar-refractivity contribution in [3.63, 3.8) is 0 Å². The van der Waals surface area contributed by atoms with E-state index in [9.17, 15) is 4.39 Å². The van der Waals surface area contributed by atoms with Crippen LogP contribution < -0.4 is 0 Å². The molecule has 24 heavy (non-hydrogen) atoms. The topological polar surface area (TPSA) is 31.9 Å². The Morgan fingerprint density at radius 2 is 1.75 bits per heavy atom. The van der Waals surface area contributed by atoms with Gasteiger partial charge in [-0.05, 0) is 60.2 Å². The second-order valence-corrected chi connectivity index (χ2v) is 7.02. The van der Waals surface area contributed by atoms with Gasteiger partial charge in [0.15, 0.2) is 0 Å². The molecule has 0 radical (unpaired) electrons. The van der Waals surface area contributed by atoms with Crippen molar-refractivity contribution in [1.82, 2.24) is 14.3 Å². The molecule has 1 N–H and O–H groups in total.